The van der Waals surface area contributed by atoms with E-state index in [0.29, 0.717) is 11.6 Å². The number of halogens is 2. The summed E-state index contributed by atoms with van der Waals surface area (Å²) < 4.78 is 0.806. The minimum Gasteiger partial charge on any atom is -0.264 e. The first kappa shape index (κ1) is 13.4. The smallest absolute Gasteiger partial charge is 0.147 e. The molecular formula is C13H13BrClN3. The van der Waals surface area contributed by atoms with Crippen molar-refractivity contribution in [3.05, 3.63) is 51.2 Å². The average Bonchev–Trinajstić information content (AvgIpc) is 2.37. The van der Waals surface area contributed by atoms with Gasteiger partial charge in [0.15, 0.2) is 0 Å². The highest BCUT2D eigenvalue weighted by Crippen LogP contribution is 2.24. The SMILES string of the molecule is CCCc1nc(Cc2cccnc2)nc(Cl)c1Br. The van der Waals surface area contributed by atoms with Crippen LogP contribution in [0.25, 0.3) is 0 Å². The van der Waals surface area contributed by atoms with Crippen LogP contribution in [0.3, 0.4) is 0 Å². The van der Waals surface area contributed by atoms with Crippen molar-refractivity contribution in [1.82, 2.24) is 15.0 Å². The molecule has 0 aliphatic carbocycles. The molecule has 0 fully saturated rings. The molecule has 0 amide bonds. The average molecular weight is 327 g/mol. The molecule has 0 aliphatic rings. The van der Waals surface area contributed by atoms with E-state index in [0.717, 1.165) is 34.4 Å². The summed E-state index contributed by atoms with van der Waals surface area (Å²) in [5.74, 6) is 0.736. The van der Waals surface area contributed by atoms with Crippen molar-refractivity contribution in [3.8, 4) is 0 Å². The van der Waals surface area contributed by atoms with Gasteiger partial charge in [-0.05, 0) is 34.0 Å². The second kappa shape index (κ2) is 6.25. The molecule has 18 heavy (non-hydrogen) atoms. The molecular weight excluding hydrogens is 314 g/mol. The number of aromatic nitrogens is 3. The molecule has 3 nitrogen and oxygen atoms in total. The van der Waals surface area contributed by atoms with Crippen LogP contribution in [0.5, 0.6) is 0 Å². The summed E-state index contributed by atoms with van der Waals surface area (Å²) in [6, 6.07) is 3.91. The first-order valence-corrected chi connectivity index (χ1v) is 6.97. The quantitative estimate of drug-likeness (QED) is 0.802. The third-order valence-electron chi connectivity index (χ3n) is 2.50. The highest BCUT2D eigenvalue weighted by atomic mass is 79.9. The van der Waals surface area contributed by atoms with Crippen molar-refractivity contribution < 1.29 is 0 Å². The molecule has 2 aromatic heterocycles. The van der Waals surface area contributed by atoms with E-state index in [1.807, 2.05) is 18.3 Å². The minimum atomic E-state index is 0.479. The number of aryl methyl sites for hydroxylation is 1. The van der Waals surface area contributed by atoms with Crippen molar-refractivity contribution in [2.45, 2.75) is 26.2 Å². The Labute approximate surface area is 120 Å². The third kappa shape index (κ3) is 3.27. The van der Waals surface area contributed by atoms with Crippen LogP contribution in [-0.2, 0) is 12.8 Å². The predicted molar refractivity (Wildman–Crippen MR) is 75.8 cm³/mol. The van der Waals surface area contributed by atoms with E-state index in [1.54, 1.807) is 6.20 Å². The number of hydrogen-bond donors (Lipinski definition) is 0. The Kier molecular flexibility index (Phi) is 4.66. The molecule has 0 spiro atoms. The fourth-order valence-electron chi connectivity index (χ4n) is 1.68. The fourth-order valence-corrected chi connectivity index (χ4v) is 2.26. The molecule has 94 valence electrons. The lowest BCUT2D eigenvalue weighted by Gasteiger charge is -2.07. The molecule has 0 saturated carbocycles. The van der Waals surface area contributed by atoms with Crippen molar-refractivity contribution in [3.63, 3.8) is 0 Å². The lowest BCUT2D eigenvalue weighted by Crippen LogP contribution is -2.03. The Balaban J connectivity index is 2.28. The van der Waals surface area contributed by atoms with Gasteiger partial charge in [-0.2, -0.15) is 0 Å². The maximum Gasteiger partial charge on any atom is 0.147 e. The first-order chi connectivity index (χ1) is 8.70. The summed E-state index contributed by atoms with van der Waals surface area (Å²) >= 11 is 9.54. The van der Waals surface area contributed by atoms with Gasteiger partial charge in [0.1, 0.15) is 11.0 Å². The lowest BCUT2D eigenvalue weighted by atomic mass is 10.2. The second-order valence-electron chi connectivity index (χ2n) is 3.98. The zero-order chi connectivity index (χ0) is 13.0. The monoisotopic (exact) mass is 325 g/mol. The fraction of sp³-hybridized carbons (Fsp3) is 0.308. The van der Waals surface area contributed by atoms with E-state index in [4.69, 9.17) is 11.6 Å². The lowest BCUT2D eigenvalue weighted by molar-refractivity contribution is 0.833. The summed E-state index contributed by atoms with van der Waals surface area (Å²) in [5, 5.41) is 0.479. The van der Waals surface area contributed by atoms with E-state index in [1.165, 1.54) is 0 Å². The topological polar surface area (TPSA) is 38.7 Å². The highest BCUT2D eigenvalue weighted by Gasteiger charge is 2.10. The zero-order valence-corrected chi connectivity index (χ0v) is 12.4. The highest BCUT2D eigenvalue weighted by molar-refractivity contribution is 9.10. The predicted octanol–water partition coefficient (Wildman–Crippen LogP) is 3.83. The largest absolute Gasteiger partial charge is 0.264 e. The summed E-state index contributed by atoms with van der Waals surface area (Å²) in [5.41, 5.74) is 2.05. The van der Waals surface area contributed by atoms with Crippen molar-refractivity contribution >= 4 is 27.5 Å². The van der Waals surface area contributed by atoms with E-state index in [9.17, 15) is 0 Å². The molecule has 0 saturated heterocycles. The van der Waals surface area contributed by atoms with Gasteiger partial charge in [-0.25, -0.2) is 9.97 Å². The second-order valence-corrected chi connectivity index (χ2v) is 5.13. The van der Waals surface area contributed by atoms with Gasteiger partial charge in [-0.3, -0.25) is 4.98 Å². The molecule has 5 heteroatoms. The summed E-state index contributed by atoms with van der Waals surface area (Å²) in [6.45, 7) is 2.11. The number of hydrogen-bond acceptors (Lipinski definition) is 3. The normalized spacial score (nSPS) is 10.6. The molecule has 2 aromatic rings. The van der Waals surface area contributed by atoms with Crippen LogP contribution in [0, 0.1) is 0 Å². The number of nitrogens with zero attached hydrogens (tertiary/aromatic N) is 3. The molecule has 0 N–H and O–H groups in total. The minimum absolute atomic E-state index is 0.479. The van der Waals surface area contributed by atoms with Gasteiger partial charge in [-0.1, -0.05) is 31.0 Å². The third-order valence-corrected chi connectivity index (χ3v) is 3.83. The van der Waals surface area contributed by atoms with Gasteiger partial charge in [0, 0.05) is 18.8 Å². The standard InChI is InChI=1S/C13H13BrClN3/c1-2-4-10-12(14)13(15)18-11(17-10)7-9-5-3-6-16-8-9/h3,5-6,8H,2,4,7H2,1H3. The van der Waals surface area contributed by atoms with Crippen LogP contribution < -0.4 is 0 Å². The van der Waals surface area contributed by atoms with Gasteiger partial charge in [0.25, 0.3) is 0 Å². The molecule has 0 aromatic carbocycles. The van der Waals surface area contributed by atoms with Gasteiger partial charge >= 0.3 is 0 Å². The zero-order valence-electron chi connectivity index (χ0n) is 10.0. The van der Waals surface area contributed by atoms with Crippen LogP contribution in [-0.4, -0.2) is 15.0 Å². The van der Waals surface area contributed by atoms with Crippen molar-refractivity contribution in [2.24, 2.45) is 0 Å². The number of pyridine rings is 1. The summed E-state index contributed by atoms with van der Waals surface area (Å²) in [4.78, 5) is 12.9. The van der Waals surface area contributed by atoms with E-state index in [2.05, 4.69) is 37.8 Å². The Morgan fingerprint density at radius 3 is 2.83 bits per heavy atom. The van der Waals surface area contributed by atoms with Crippen molar-refractivity contribution in [1.29, 1.82) is 0 Å². The maximum absolute atomic E-state index is 6.11. The van der Waals surface area contributed by atoms with Crippen LogP contribution in [0.2, 0.25) is 5.15 Å². The van der Waals surface area contributed by atoms with E-state index < -0.39 is 0 Å². The molecule has 0 atom stereocenters. The van der Waals surface area contributed by atoms with Crippen LogP contribution in [0.1, 0.15) is 30.4 Å². The summed E-state index contributed by atoms with van der Waals surface area (Å²) in [6.07, 6.45) is 6.14. The van der Waals surface area contributed by atoms with Gasteiger partial charge in [0.05, 0.1) is 10.2 Å². The molecule has 0 radical (unpaired) electrons. The van der Waals surface area contributed by atoms with Crippen molar-refractivity contribution in [2.75, 3.05) is 0 Å². The van der Waals surface area contributed by atoms with Crippen LogP contribution in [0.4, 0.5) is 0 Å². The maximum atomic E-state index is 6.11. The summed E-state index contributed by atoms with van der Waals surface area (Å²) in [7, 11) is 0. The molecule has 0 aliphatic heterocycles. The Morgan fingerprint density at radius 1 is 1.33 bits per heavy atom. The first-order valence-electron chi connectivity index (χ1n) is 5.80. The van der Waals surface area contributed by atoms with Gasteiger partial charge < -0.3 is 0 Å². The van der Waals surface area contributed by atoms with Gasteiger partial charge in [-0.15, -0.1) is 0 Å². The molecule has 0 unspecified atom stereocenters. The molecule has 2 heterocycles. The Hall–Kier alpha value is -1.00. The number of rotatable bonds is 4. The molecule has 0 bridgehead atoms. The Bertz CT molecular complexity index is 531. The molecule has 2 rings (SSSR count). The van der Waals surface area contributed by atoms with Crippen LogP contribution >= 0.6 is 27.5 Å². The van der Waals surface area contributed by atoms with Crippen LogP contribution in [0.15, 0.2) is 29.0 Å². The van der Waals surface area contributed by atoms with E-state index in [-0.39, 0.29) is 0 Å². The Morgan fingerprint density at radius 2 is 2.17 bits per heavy atom. The van der Waals surface area contributed by atoms with Gasteiger partial charge in [0.2, 0.25) is 0 Å². The van der Waals surface area contributed by atoms with E-state index >= 15 is 0 Å².